The van der Waals surface area contributed by atoms with Crippen molar-refractivity contribution < 1.29 is 23.8 Å². The number of para-hydroxylation sites is 1. The summed E-state index contributed by atoms with van der Waals surface area (Å²) < 4.78 is 11.4. The van der Waals surface area contributed by atoms with E-state index in [1.54, 1.807) is 67.6 Å². The molecule has 0 radical (unpaired) electrons. The minimum absolute atomic E-state index is 0.00886. The first-order valence-corrected chi connectivity index (χ1v) is 10.2. The monoisotopic (exact) mass is 417 g/mol. The molecule has 0 spiro atoms. The molecule has 1 atom stereocenters. The van der Waals surface area contributed by atoms with Crippen LogP contribution in [0.3, 0.4) is 0 Å². The average molecular weight is 417 g/mol. The largest absolute Gasteiger partial charge is 0.507 e. The van der Waals surface area contributed by atoms with Crippen LogP contribution in [0.1, 0.15) is 36.5 Å². The molecular formula is C25H23NO5. The van der Waals surface area contributed by atoms with E-state index in [1.165, 1.54) is 4.90 Å². The number of furan rings is 1. The van der Waals surface area contributed by atoms with E-state index in [-0.39, 0.29) is 11.3 Å². The summed E-state index contributed by atoms with van der Waals surface area (Å²) in [7, 11) is 0. The van der Waals surface area contributed by atoms with Crippen LogP contribution in [0, 0.1) is 6.92 Å². The molecule has 1 aliphatic heterocycles. The average Bonchev–Trinajstić information content (AvgIpc) is 3.33. The molecule has 158 valence electrons. The molecule has 6 heteroatoms. The summed E-state index contributed by atoms with van der Waals surface area (Å²) in [6.45, 7) is 4.39. The van der Waals surface area contributed by atoms with Gasteiger partial charge in [-0.25, -0.2) is 0 Å². The lowest BCUT2D eigenvalue weighted by Crippen LogP contribution is -2.29. The van der Waals surface area contributed by atoms with E-state index in [2.05, 4.69) is 0 Å². The number of hydrogen-bond acceptors (Lipinski definition) is 5. The van der Waals surface area contributed by atoms with Crippen LogP contribution in [-0.4, -0.2) is 23.4 Å². The molecule has 1 saturated heterocycles. The number of nitrogens with zero attached hydrogens (tertiary/aromatic N) is 1. The van der Waals surface area contributed by atoms with Gasteiger partial charge in [0, 0.05) is 11.3 Å². The van der Waals surface area contributed by atoms with Crippen LogP contribution in [-0.2, 0) is 9.59 Å². The Morgan fingerprint density at radius 2 is 1.74 bits per heavy atom. The molecule has 0 aliphatic carbocycles. The van der Waals surface area contributed by atoms with E-state index in [0.717, 1.165) is 6.42 Å². The first kappa shape index (κ1) is 20.5. The van der Waals surface area contributed by atoms with Crippen molar-refractivity contribution in [2.45, 2.75) is 26.3 Å². The number of aryl methyl sites for hydroxylation is 1. The summed E-state index contributed by atoms with van der Waals surface area (Å²) in [5.74, 6) is -0.00304. The van der Waals surface area contributed by atoms with Gasteiger partial charge in [-0.2, -0.15) is 0 Å². The van der Waals surface area contributed by atoms with Crippen LogP contribution in [0.2, 0.25) is 0 Å². The van der Waals surface area contributed by atoms with E-state index in [9.17, 15) is 14.7 Å². The van der Waals surface area contributed by atoms with Crippen LogP contribution in [0.15, 0.2) is 76.7 Å². The number of anilines is 1. The fraction of sp³-hybridized carbons (Fsp3) is 0.200. The Hall–Kier alpha value is -3.80. The van der Waals surface area contributed by atoms with Crippen molar-refractivity contribution in [3.05, 3.63) is 89.4 Å². The van der Waals surface area contributed by atoms with Gasteiger partial charge < -0.3 is 14.3 Å². The van der Waals surface area contributed by atoms with Gasteiger partial charge in [-0.15, -0.1) is 0 Å². The van der Waals surface area contributed by atoms with Crippen LogP contribution < -0.4 is 9.64 Å². The van der Waals surface area contributed by atoms with Crippen molar-refractivity contribution in [2.24, 2.45) is 0 Å². The topological polar surface area (TPSA) is 80.0 Å². The molecule has 1 amide bonds. The van der Waals surface area contributed by atoms with Gasteiger partial charge in [0.2, 0.25) is 0 Å². The highest BCUT2D eigenvalue weighted by atomic mass is 16.5. The second-order valence-electron chi connectivity index (χ2n) is 7.33. The molecule has 1 aliphatic rings. The van der Waals surface area contributed by atoms with Crippen LogP contribution in [0.5, 0.6) is 5.75 Å². The standard InChI is InChI=1S/C25H23NO5/c1-3-15-30-19-12-10-17(11-13-19)23(27)21-22(20-14-9-16(2)31-20)26(25(29)24(21)28)18-7-5-4-6-8-18/h4-14,22,27H,3,15H2,1-2H3/b23-21-. The van der Waals surface area contributed by atoms with Crippen LogP contribution in [0.25, 0.3) is 5.76 Å². The van der Waals surface area contributed by atoms with Crippen molar-refractivity contribution in [3.63, 3.8) is 0 Å². The Kier molecular flexibility index (Phi) is 5.62. The van der Waals surface area contributed by atoms with E-state index < -0.39 is 17.7 Å². The minimum Gasteiger partial charge on any atom is -0.507 e. The highest BCUT2D eigenvalue weighted by Gasteiger charge is 2.48. The lowest BCUT2D eigenvalue weighted by atomic mass is 9.99. The zero-order valence-electron chi connectivity index (χ0n) is 17.4. The highest BCUT2D eigenvalue weighted by Crippen LogP contribution is 2.42. The highest BCUT2D eigenvalue weighted by molar-refractivity contribution is 6.51. The van der Waals surface area contributed by atoms with E-state index in [1.807, 2.05) is 13.0 Å². The molecule has 1 N–H and O–H groups in total. The third-order valence-corrected chi connectivity index (χ3v) is 5.11. The number of aliphatic hydroxyl groups excluding tert-OH is 1. The second kappa shape index (κ2) is 8.52. The Morgan fingerprint density at radius 1 is 1.03 bits per heavy atom. The molecule has 1 fully saturated rings. The van der Waals surface area contributed by atoms with Crippen LogP contribution in [0.4, 0.5) is 5.69 Å². The maximum Gasteiger partial charge on any atom is 0.300 e. The van der Waals surface area contributed by atoms with E-state index in [0.29, 0.717) is 35.1 Å². The van der Waals surface area contributed by atoms with E-state index in [4.69, 9.17) is 9.15 Å². The number of benzene rings is 2. The molecule has 6 nitrogen and oxygen atoms in total. The zero-order valence-corrected chi connectivity index (χ0v) is 17.4. The van der Waals surface area contributed by atoms with Gasteiger partial charge in [0.15, 0.2) is 0 Å². The Labute approximate surface area is 180 Å². The quantitative estimate of drug-likeness (QED) is 0.347. The zero-order chi connectivity index (χ0) is 22.0. The predicted octanol–water partition coefficient (Wildman–Crippen LogP) is 5.00. The van der Waals surface area contributed by atoms with Gasteiger partial charge in [-0.1, -0.05) is 25.1 Å². The summed E-state index contributed by atoms with van der Waals surface area (Å²) >= 11 is 0. The Balaban J connectivity index is 1.82. The van der Waals surface area contributed by atoms with Crippen molar-refractivity contribution >= 4 is 23.1 Å². The molecule has 4 rings (SSSR count). The maximum absolute atomic E-state index is 13.0. The van der Waals surface area contributed by atoms with Gasteiger partial charge in [-0.05, 0) is 61.9 Å². The molecular weight excluding hydrogens is 394 g/mol. The van der Waals surface area contributed by atoms with Gasteiger partial charge >= 0.3 is 0 Å². The van der Waals surface area contributed by atoms with Crippen molar-refractivity contribution in [2.75, 3.05) is 11.5 Å². The lowest BCUT2D eigenvalue weighted by molar-refractivity contribution is -0.132. The summed E-state index contributed by atoms with van der Waals surface area (Å²) in [5.41, 5.74) is 0.958. The molecule has 2 aromatic carbocycles. The van der Waals surface area contributed by atoms with Gasteiger partial charge in [0.25, 0.3) is 11.7 Å². The van der Waals surface area contributed by atoms with Crippen LogP contribution >= 0.6 is 0 Å². The summed E-state index contributed by atoms with van der Waals surface area (Å²) in [4.78, 5) is 27.4. The number of Topliss-reactive ketones (excluding diaryl/α,β-unsaturated/α-hetero) is 1. The number of carbonyl (C=O) groups is 2. The van der Waals surface area contributed by atoms with Crippen molar-refractivity contribution in [1.82, 2.24) is 0 Å². The summed E-state index contributed by atoms with van der Waals surface area (Å²) in [6.07, 6.45) is 0.882. The number of hydrogen-bond donors (Lipinski definition) is 1. The molecule has 0 saturated carbocycles. The minimum atomic E-state index is -0.868. The molecule has 1 aromatic heterocycles. The Morgan fingerprint density at radius 3 is 2.35 bits per heavy atom. The third kappa shape index (κ3) is 3.84. The number of ketones is 1. The van der Waals surface area contributed by atoms with Crippen molar-refractivity contribution in [3.8, 4) is 5.75 Å². The van der Waals surface area contributed by atoms with Gasteiger partial charge in [0.1, 0.15) is 29.1 Å². The molecule has 3 aromatic rings. The Bertz CT molecular complexity index is 1130. The third-order valence-electron chi connectivity index (χ3n) is 5.11. The van der Waals surface area contributed by atoms with E-state index >= 15 is 0 Å². The summed E-state index contributed by atoms with van der Waals surface area (Å²) in [5, 5.41) is 11.1. The molecule has 31 heavy (non-hydrogen) atoms. The summed E-state index contributed by atoms with van der Waals surface area (Å²) in [6, 6.07) is 18.3. The molecule has 0 bridgehead atoms. The second-order valence-corrected chi connectivity index (χ2v) is 7.33. The predicted molar refractivity (Wildman–Crippen MR) is 117 cm³/mol. The van der Waals surface area contributed by atoms with Crippen molar-refractivity contribution in [1.29, 1.82) is 0 Å². The van der Waals surface area contributed by atoms with Gasteiger partial charge in [0.05, 0.1) is 12.2 Å². The van der Waals surface area contributed by atoms with Gasteiger partial charge in [-0.3, -0.25) is 14.5 Å². The maximum atomic E-state index is 13.0. The SMILES string of the molecule is CCCOc1ccc(/C(O)=C2/C(=O)C(=O)N(c3ccccc3)C2c2ccc(C)o2)cc1. The number of ether oxygens (including phenoxy) is 1. The number of rotatable bonds is 6. The first-order chi connectivity index (χ1) is 15.0. The number of carbonyl (C=O) groups excluding carboxylic acids is 2. The molecule has 1 unspecified atom stereocenters. The fourth-order valence-electron chi connectivity index (χ4n) is 3.64. The number of aliphatic hydroxyl groups is 1. The lowest BCUT2D eigenvalue weighted by Gasteiger charge is -2.23. The molecule has 2 heterocycles. The smallest absolute Gasteiger partial charge is 0.300 e. The number of amides is 1. The normalized spacial score (nSPS) is 17.9. The first-order valence-electron chi connectivity index (χ1n) is 10.2. The fourth-order valence-corrected chi connectivity index (χ4v) is 3.64.